The molecule has 2 nitrogen and oxygen atoms in total. The maximum absolute atomic E-state index is 11.4. The molecule has 1 aromatic heterocycles. The molecule has 3 heteroatoms. The summed E-state index contributed by atoms with van der Waals surface area (Å²) in [5, 5.41) is 4.92. The van der Waals surface area contributed by atoms with Crippen LogP contribution in [-0.2, 0) is 4.79 Å². The molecule has 0 aliphatic rings. The Morgan fingerprint density at radius 2 is 2.17 bits per heavy atom. The lowest BCUT2D eigenvalue weighted by atomic mass is 10.2. The number of allylic oxidation sites excluding steroid dienone is 2. The van der Waals surface area contributed by atoms with Crippen LogP contribution in [0.25, 0.3) is 6.08 Å². The third kappa shape index (κ3) is 7.07. The van der Waals surface area contributed by atoms with Gasteiger partial charge in [-0.3, -0.25) is 4.79 Å². The van der Waals surface area contributed by atoms with Crippen LogP contribution in [-0.4, -0.2) is 12.5 Å². The molecule has 0 bridgehead atoms. The number of hydrogen-bond acceptors (Lipinski definition) is 2. The molecular weight excluding hydrogens is 242 g/mol. The topological polar surface area (TPSA) is 29.1 Å². The van der Waals surface area contributed by atoms with E-state index in [0.717, 1.165) is 19.4 Å². The van der Waals surface area contributed by atoms with Crippen molar-refractivity contribution in [1.29, 1.82) is 0 Å². The number of rotatable bonds is 7. The number of carbonyl (C=O) groups excluding carboxylic acids is 1. The number of nitrogens with one attached hydrogen (secondary N) is 1. The summed E-state index contributed by atoms with van der Waals surface area (Å²) in [6.07, 6.45) is 9.68. The largest absolute Gasteiger partial charge is 0.352 e. The van der Waals surface area contributed by atoms with Gasteiger partial charge in [-0.25, -0.2) is 0 Å². The van der Waals surface area contributed by atoms with Gasteiger partial charge < -0.3 is 5.32 Å². The van der Waals surface area contributed by atoms with Crippen LogP contribution in [0.4, 0.5) is 0 Å². The van der Waals surface area contributed by atoms with E-state index in [1.165, 1.54) is 4.88 Å². The molecule has 0 atom stereocenters. The number of hydrogen-bond donors (Lipinski definition) is 1. The minimum absolute atomic E-state index is 0.00550. The summed E-state index contributed by atoms with van der Waals surface area (Å²) >= 11 is 1.73. The molecule has 98 valence electrons. The number of thiophene rings is 1. The second kappa shape index (κ2) is 8.70. The minimum atomic E-state index is 0.00550. The third-order valence-corrected chi connectivity index (χ3v) is 3.12. The molecule has 0 unspecified atom stereocenters. The summed E-state index contributed by atoms with van der Waals surface area (Å²) < 4.78 is 0. The van der Waals surface area contributed by atoms with Gasteiger partial charge in [0.1, 0.15) is 0 Å². The molecule has 1 heterocycles. The molecule has 1 rings (SSSR count). The van der Waals surface area contributed by atoms with Crippen LogP contribution >= 0.6 is 11.3 Å². The fourth-order valence-electron chi connectivity index (χ4n) is 1.33. The average molecular weight is 263 g/mol. The van der Waals surface area contributed by atoms with Crippen molar-refractivity contribution in [2.75, 3.05) is 6.54 Å². The van der Waals surface area contributed by atoms with E-state index in [2.05, 4.69) is 42.8 Å². The van der Waals surface area contributed by atoms with Crippen LogP contribution in [0.15, 0.2) is 35.7 Å². The molecule has 18 heavy (non-hydrogen) atoms. The van der Waals surface area contributed by atoms with Crippen molar-refractivity contribution in [3.63, 3.8) is 0 Å². The van der Waals surface area contributed by atoms with Crippen molar-refractivity contribution in [1.82, 2.24) is 5.32 Å². The highest BCUT2D eigenvalue weighted by atomic mass is 32.1. The molecular formula is C15H21NOS. The van der Waals surface area contributed by atoms with Gasteiger partial charge >= 0.3 is 0 Å². The van der Waals surface area contributed by atoms with Crippen LogP contribution < -0.4 is 5.32 Å². The van der Waals surface area contributed by atoms with Crippen molar-refractivity contribution in [2.24, 2.45) is 5.92 Å². The summed E-state index contributed by atoms with van der Waals surface area (Å²) in [6.45, 7) is 4.90. The summed E-state index contributed by atoms with van der Waals surface area (Å²) in [6, 6.07) is 4.14. The fourth-order valence-corrected chi connectivity index (χ4v) is 1.98. The number of unbranched alkanes of at least 4 members (excludes halogenated alkanes) is 1. The van der Waals surface area contributed by atoms with E-state index in [1.807, 2.05) is 12.1 Å². The summed E-state index contributed by atoms with van der Waals surface area (Å²) in [4.78, 5) is 12.6. The molecule has 0 radical (unpaired) electrons. The van der Waals surface area contributed by atoms with E-state index in [1.54, 1.807) is 17.4 Å². The second-order valence-electron chi connectivity index (χ2n) is 4.54. The summed E-state index contributed by atoms with van der Waals surface area (Å²) in [5.41, 5.74) is 0. The second-order valence-corrected chi connectivity index (χ2v) is 5.52. The van der Waals surface area contributed by atoms with E-state index < -0.39 is 0 Å². The van der Waals surface area contributed by atoms with Gasteiger partial charge in [0.25, 0.3) is 0 Å². The lowest BCUT2D eigenvalue weighted by Crippen LogP contribution is -2.25. The summed E-state index contributed by atoms with van der Waals surface area (Å²) in [5.74, 6) is 0.502. The van der Waals surface area contributed by atoms with E-state index in [9.17, 15) is 4.79 Å². The Morgan fingerprint density at radius 3 is 2.83 bits per heavy atom. The van der Waals surface area contributed by atoms with Crippen LogP contribution in [0.1, 0.15) is 31.6 Å². The zero-order valence-electron chi connectivity index (χ0n) is 11.1. The summed E-state index contributed by atoms with van der Waals surface area (Å²) in [7, 11) is 0. The highest BCUT2D eigenvalue weighted by Gasteiger charge is 1.96. The molecule has 1 N–H and O–H groups in total. The first-order chi connectivity index (χ1) is 8.68. The van der Waals surface area contributed by atoms with Crippen molar-refractivity contribution < 1.29 is 4.79 Å². The lowest BCUT2D eigenvalue weighted by molar-refractivity contribution is -0.116. The Hall–Kier alpha value is -1.35. The molecule has 1 amide bonds. The van der Waals surface area contributed by atoms with Gasteiger partial charge in [-0.1, -0.05) is 32.1 Å². The van der Waals surface area contributed by atoms with Gasteiger partial charge in [0, 0.05) is 11.4 Å². The third-order valence-electron chi connectivity index (χ3n) is 2.28. The molecule has 0 fully saturated rings. The fraction of sp³-hybridized carbons (Fsp3) is 0.400. The first-order valence-corrected chi connectivity index (χ1v) is 7.21. The number of carbonyl (C=O) groups is 1. The lowest BCUT2D eigenvalue weighted by Gasteiger charge is -2.03. The average Bonchev–Trinajstić information content (AvgIpc) is 2.84. The van der Waals surface area contributed by atoms with Crippen LogP contribution in [0.2, 0.25) is 0 Å². The van der Waals surface area contributed by atoms with Crippen LogP contribution in [0.3, 0.4) is 0 Å². The highest BCUT2D eigenvalue weighted by Crippen LogP contribution is 2.10. The van der Waals surface area contributed by atoms with Crippen molar-refractivity contribution in [3.05, 3.63) is 40.6 Å². The Balaban J connectivity index is 2.11. The maximum atomic E-state index is 11.4. The highest BCUT2D eigenvalue weighted by molar-refractivity contribution is 7.10. The van der Waals surface area contributed by atoms with Gasteiger partial charge in [0.2, 0.25) is 5.91 Å². The van der Waals surface area contributed by atoms with Gasteiger partial charge in [-0.05, 0) is 42.4 Å². The first kappa shape index (κ1) is 14.7. The van der Waals surface area contributed by atoms with E-state index in [0.29, 0.717) is 5.92 Å². The monoisotopic (exact) mass is 263 g/mol. The predicted molar refractivity (Wildman–Crippen MR) is 79.6 cm³/mol. The number of amides is 1. The molecule has 1 aromatic rings. The predicted octanol–water partition coefficient (Wildman–Crippen LogP) is 3.87. The quantitative estimate of drug-likeness (QED) is 0.587. The SMILES string of the molecule is CC(C)CNC(=O)C=CCCC=Cc1cccs1. The van der Waals surface area contributed by atoms with E-state index in [4.69, 9.17) is 0 Å². The molecule has 0 aliphatic carbocycles. The molecule has 0 spiro atoms. The van der Waals surface area contributed by atoms with Gasteiger partial charge in [0.05, 0.1) is 0 Å². The van der Waals surface area contributed by atoms with Gasteiger partial charge in [-0.2, -0.15) is 0 Å². The van der Waals surface area contributed by atoms with Crippen LogP contribution in [0, 0.1) is 5.92 Å². The normalized spacial score (nSPS) is 11.7. The minimum Gasteiger partial charge on any atom is -0.352 e. The zero-order chi connectivity index (χ0) is 13.2. The molecule has 0 aromatic carbocycles. The standard InChI is InChI=1S/C15H21NOS/c1-13(2)12-16-15(17)10-6-4-3-5-8-14-9-7-11-18-14/h5-11,13H,3-4,12H2,1-2H3,(H,16,17). The Morgan fingerprint density at radius 1 is 1.39 bits per heavy atom. The Kier molecular flexibility index (Phi) is 7.11. The van der Waals surface area contributed by atoms with Gasteiger partial charge in [0.15, 0.2) is 0 Å². The van der Waals surface area contributed by atoms with E-state index in [-0.39, 0.29) is 5.91 Å². The molecule has 0 saturated carbocycles. The molecule has 0 saturated heterocycles. The zero-order valence-corrected chi connectivity index (χ0v) is 11.9. The first-order valence-electron chi connectivity index (χ1n) is 6.33. The smallest absolute Gasteiger partial charge is 0.243 e. The van der Waals surface area contributed by atoms with Gasteiger partial charge in [-0.15, -0.1) is 11.3 Å². The Bertz CT molecular complexity index is 391. The van der Waals surface area contributed by atoms with Crippen molar-refractivity contribution >= 4 is 23.3 Å². The van der Waals surface area contributed by atoms with Crippen molar-refractivity contribution in [2.45, 2.75) is 26.7 Å². The molecule has 0 aliphatic heterocycles. The van der Waals surface area contributed by atoms with E-state index >= 15 is 0 Å². The Labute approximate surface area is 113 Å². The maximum Gasteiger partial charge on any atom is 0.243 e. The van der Waals surface area contributed by atoms with Crippen LogP contribution in [0.5, 0.6) is 0 Å². The van der Waals surface area contributed by atoms with Crippen molar-refractivity contribution in [3.8, 4) is 0 Å².